The highest BCUT2D eigenvalue weighted by Crippen LogP contribution is 2.24. The Hall–Kier alpha value is -1.87. The fourth-order valence-corrected chi connectivity index (χ4v) is 0.872. The van der Waals surface area contributed by atoms with E-state index in [1.165, 1.54) is 6.07 Å². The van der Waals surface area contributed by atoms with Gasteiger partial charge in [-0.2, -0.15) is 9.98 Å². The Morgan fingerprint density at radius 1 is 1.55 bits per heavy atom. The standard InChI is InChI=1S/C6H4N4O/c7-4-1-3(11)5-6(10-4)9-2-8-5/h1H,(H3,7,10,11). The molecule has 0 bridgehead atoms. The van der Waals surface area contributed by atoms with Crippen LogP contribution in [-0.2, 0) is 0 Å². The van der Waals surface area contributed by atoms with E-state index in [9.17, 15) is 4.79 Å². The summed E-state index contributed by atoms with van der Waals surface area (Å²) in [5.41, 5.74) is 5.39. The van der Waals surface area contributed by atoms with Crippen LogP contribution in [0, 0.1) is 0 Å². The van der Waals surface area contributed by atoms with Crippen molar-refractivity contribution in [2.45, 2.75) is 0 Å². The predicted molar refractivity (Wildman–Crippen MR) is 40.7 cm³/mol. The van der Waals surface area contributed by atoms with E-state index in [1.54, 1.807) is 0 Å². The summed E-state index contributed by atoms with van der Waals surface area (Å²) in [7, 11) is 0. The van der Waals surface area contributed by atoms with E-state index < -0.39 is 0 Å². The molecular formula is C6H4N4O. The minimum Gasteiger partial charge on any atom is -0.385 e. The van der Waals surface area contributed by atoms with Crippen molar-refractivity contribution in [3.8, 4) is 0 Å². The molecule has 0 radical (unpaired) electrons. The maximum atomic E-state index is 11.0. The first-order valence-electron chi connectivity index (χ1n) is 2.96. The van der Waals surface area contributed by atoms with Crippen molar-refractivity contribution < 1.29 is 0 Å². The molecule has 0 atom stereocenters. The molecule has 0 aromatic carbocycles. The highest BCUT2D eigenvalue weighted by molar-refractivity contribution is 5.73. The first-order valence-corrected chi connectivity index (χ1v) is 2.96. The van der Waals surface area contributed by atoms with Crippen LogP contribution in [0.5, 0.6) is 0 Å². The molecule has 0 amide bonds. The Labute approximate surface area is 61.3 Å². The Morgan fingerprint density at radius 2 is 2.36 bits per heavy atom. The van der Waals surface area contributed by atoms with E-state index in [0.29, 0.717) is 5.82 Å². The minimum atomic E-state index is -0.231. The van der Waals surface area contributed by atoms with Crippen molar-refractivity contribution in [3.05, 3.63) is 16.3 Å². The molecule has 2 heterocycles. The number of H-pyrrole nitrogens is 1. The SMILES string of the molecule is Nc1cc(=O)c2c([nH]1)N=C=N2. The normalized spacial score (nSPS) is 12.0. The molecule has 11 heavy (non-hydrogen) atoms. The molecule has 1 aliphatic rings. The lowest BCUT2D eigenvalue weighted by atomic mass is 10.4. The quantitative estimate of drug-likeness (QED) is 0.567. The second kappa shape index (κ2) is 1.81. The van der Waals surface area contributed by atoms with Gasteiger partial charge in [-0.15, -0.1) is 0 Å². The van der Waals surface area contributed by atoms with Crippen molar-refractivity contribution in [1.29, 1.82) is 0 Å². The summed E-state index contributed by atoms with van der Waals surface area (Å²) < 4.78 is 0. The Morgan fingerprint density at radius 3 is 3.18 bits per heavy atom. The molecule has 3 N–H and O–H groups in total. The molecule has 2 rings (SSSR count). The third kappa shape index (κ3) is 0.754. The number of nitrogens with one attached hydrogen (secondary N) is 1. The average Bonchev–Trinajstić information content (AvgIpc) is 2.34. The van der Waals surface area contributed by atoms with Crippen LogP contribution in [0.4, 0.5) is 17.3 Å². The first kappa shape index (κ1) is 5.88. The number of pyridine rings is 1. The number of nitrogens with two attached hydrogens (primary N) is 1. The Bertz CT molecular complexity index is 425. The molecule has 1 aliphatic heterocycles. The fourth-order valence-electron chi connectivity index (χ4n) is 0.872. The van der Waals surface area contributed by atoms with Gasteiger partial charge >= 0.3 is 0 Å². The molecule has 5 heteroatoms. The minimum absolute atomic E-state index is 0.231. The third-order valence-corrected chi connectivity index (χ3v) is 1.33. The van der Waals surface area contributed by atoms with E-state index in [2.05, 4.69) is 21.0 Å². The molecule has 0 spiro atoms. The van der Waals surface area contributed by atoms with Gasteiger partial charge < -0.3 is 10.7 Å². The van der Waals surface area contributed by atoms with Gasteiger partial charge in [0.1, 0.15) is 11.8 Å². The lowest BCUT2D eigenvalue weighted by Gasteiger charge is -1.94. The highest BCUT2D eigenvalue weighted by atomic mass is 16.1. The van der Waals surface area contributed by atoms with Crippen molar-refractivity contribution in [2.75, 3.05) is 5.73 Å². The van der Waals surface area contributed by atoms with E-state index in [1.807, 2.05) is 0 Å². The number of rotatable bonds is 0. The zero-order valence-corrected chi connectivity index (χ0v) is 5.46. The van der Waals surface area contributed by atoms with Crippen LogP contribution in [0.1, 0.15) is 0 Å². The van der Waals surface area contributed by atoms with Crippen LogP contribution in [0.25, 0.3) is 0 Å². The Kier molecular flexibility index (Phi) is 0.965. The van der Waals surface area contributed by atoms with Gasteiger partial charge in [-0.05, 0) is 0 Å². The van der Waals surface area contributed by atoms with Crippen LogP contribution >= 0.6 is 0 Å². The monoisotopic (exact) mass is 148 g/mol. The first-order chi connectivity index (χ1) is 5.27. The smallest absolute Gasteiger partial charge is 0.212 e. The molecule has 54 valence electrons. The maximum Gasteiger partial charge on any atom is 0.212 e. The zero-order chi connectivity index (χ0) is 7.84. The molecule has 1 aromatic rings. The van der Waals surface area contributed by atoms with Crippen LogP contribution in [-0.4, -0.2) is 11.0 Å². The van der Waals surface area contributed by atoms with Crippen molar-refractivity contribution >= 4 is 23.3 Å². The van der Waals surface area contributed by atoms with Crippen LogP contribution in [0.15, 0.2) is 20.8 Å². The predicted octanol–water partition coefficient (Wildman–Crippen LogP) is 0.408. The molecule has 0 saturated heterocycles. The number of aromatic nitrogens is 1. The summed E-state index contributed by atoms with van der Waals surface area (Å²) in [5, 5.41) is 0. The zero-order valence-electron chi connectivity index (χ0n) is 5.46. The molecular weight excluding hydrogens is 144 g/mol. The second-order valence-corrected chi connectivity index (χ2v) is 2.11. The number of nitrogens with zero attached hydrogens (tertiary/aromatic N) is 2. The summed E-state index contributed by atoms with van der Waals surface area (Å²) in [5.74, 6) is 0.673. The average molecular weight is 148 g/mol. The molecule has 0 aliphatic carbocycles. The number of fused-ring (bicyclic) bond motifs is 1. The summed E-state index contributed by atoms with van der Waals surface area (Å²) in [4.78, 5) is 21.0. The summed E-state index contributed by atoms with van der Waals surface area (Å²) in [6.07, 6.45) is 0. The van der Waals surface area contributed by atoms with Gasteiger partial charge in [-0.25, -0.2) is 0 Å². The third-order valence-electron chi connectivity index (χ3n) is 1.33. The lowest BCUT2D eigenvalue weighted by Crippen LogP contribution is -2.02. The van der Waals surface area contributed by atoms with Crippen LogP contribution in [0.3, 0.4) is 0 Å². The van der Waals surface area contributed by atoms with Crippen molar-refractivity contribution in [1.82, 2.24) is 4.98 Å². The van der Waals surface area contributed by atoms with Gasteiger partial charge in [0.05, 0.1) is 0 Å². The number of nitrogen functional groups attached to an aromatic ring is 1. The van der Waals surface area contributed by atoms with E-state index in [0.717, 1.165) is 0 Å². The van der Waals surface area contributed by atoms with Gasteiger partial charge in [-0.3, -0.25) is 4.79 Å². The summed E-state index contributed by atoms with van der Waals surface area (Å²) >= 11 is 0. The molecule has 0 fully saturated rings. The van der Waals surface area contributed by atoms with Crippen LogP contribution < -0.4 is 11.2 Å². The molecule has 5 nitrogen and oxygen atoms in total. The van der Waals surface area contributed by atoms with Crippen molar-refractivity contribution in [2.24, 2.45) is 9.98 Å². The highest BCUT2D eigenvalue weighted by Gasteiger charge is 2.09. The fraction of sp³-hybridized carbons (Fsp3) is 0. The van der Waals surface area contributed by atoms with Gasteiger partial charge in [0.15, 0.2) is 11.5 Å². The largest absolute Gasteiger partial charge is 0.385 e. The lowest BCUT2D eigenvalue weighted by molar-refractivity contribution is 1.28. The summed E-state index contributed by atoms with van der Waals surface area (Å²) in [6.45, 7) is 0. The maximum absolute atomic E-state index is 11.0. The summed E-state index contributed by atoms with van der Waals surface area (Å²) in [6, 6.07) is 3.59. The Balaban J connectivity index is 2.84. The van der Waals surface area contributed by atoms with Gasteiger partial charge in [0, 0.05) is 6.07 Å². The van der Waals surface area contributed by atoms with Crippen LogP contribution in [0.2, 0.25) is 0 Å². The number of aliphatic imine (C=N–C) groups is 2. The van der Waals surface area contributed by atoms with Gasteiger partial charge in [0.2, 0.25) is 5.43 Å². The number of anilines is 1. The number of hydrogen-bond acceptors (Lipinski definition) is 4. The van der Waals surface area contributed by atoms with Gasteiger partial charge in [-0.1, -0.05) is 0 Å². The molecule has 0 unspecified atom stereocenters. The topological polar surface area (TPSA) is 83.6 Å². The van der Waals surface area contributed by atoms with Crippen molar-refractivity contribution in [3.63, 3.8) is 0 Å². The number of aromatic amines is 1. The van der Waals surface area contributed by atoms with E-state index in [4.69, 9.17) is 5.73 Å². The van der Waals surface area contributed by atoms with E-state index in [-0.39, 0.29) is 16.9 Å². The van der Waals surface area contributed by atoms with E-state index >= 15 is 0 Å². The van der Waals surface area contributed by atoms with Gasteiger partial charge in [0.25, 0.3) is 0 Å². The number of hydrogen-bond donors (Lipinski definition) is 2. The molecule has 0 saturated carbocycles. The second-order valence-electron chi connectivity index (χ2n) is 2.11. The molecule has 1 aromatic heterocycles.